The Morgan fingerprint density at radius 2 is 2.24 bits per heavy atom. The lowest BCUT2D eigenvalue weighted by Crippen LogP contribution is -2.44. The predicted octanol–water partition coefficient (Wildman–Crippen LogP) is 1.12. The smallest absolute Gasteiger partial charge is 0.237 e. The molecular weight excluding hydrogens is 316 g/mol. The summed E-state index contributed by atoms with van der Waals surface area (Å²) >= 11 is 6.06. The molecular formula is C12H15ClN4O3S. The van der Waals surface area contributed by atoms with Crippen molar-refractivity contribution >= 4 is 38.5 Å². The van der Waals surface area contributed by atoms with Gasteiger partial charge in [-0.15, -0.1) is 0 Å². The van der Waals surface area contributed by atoms with Gasteiger partial charge in [0, 0.05) is 12.6 Å². The van der Waals surface area contributed by atoms with E-state index in [4.69, 9.17) is 16.3 Å². The molecule has 0 spiro atoms. The Morgan fingerprint density at radius 3 is 2.90 bits per heavy atom. The van der Waals surface area contributed by atoms with Gasteiger partial charge in [-0.3, -0.25) is 0 Å². The predicted molar refractivity (Wildman–Crippen MR) is 80.4 cm³/mol. The van der Waals surface area contributed by atoms with Crippen LogP contribution < -0.4 is 4.90 Å². The van der Waals surface area contributed by atoms with Gasteiger partial charge in [-0.25, -0.2) is 22.4 Å². The van der Waals surface area contributed by atoms with E-state index in [1.54, 1.807) is 0 Å². The Kier molecular flexibility index (Phi) is 3.54. The summed E-state index contributed by atoms with van der Waals surface area (Å²) in [6, 6.07) is 1.64. The van der Waals surface area contributed by atoms with Crippen LogP contribution in [0.3, 0.4) is 0 Å². The molecule has 1 fully saturated rings. The molecule has 0 radical (unpaired) electrons. The van der Waals surface area contributed by atoms with E-state index >= 15 is 0 Å². The van der Waals surface area contributed by atoms with Crippen LogP contribution in [0.25, 0.3) is 11.0 Å². The fourth-order valence-electron chi connectivity index (χ4n) is 2.45. The number of imidazole rings is 1. The third kappa shape index (κ3) is 2.58. The number of fused-ring (bicyclic) bond motifs is 1. The van der Waals surface area contributed by atoms with Gasteiger partial charge in [0.25, 0.3) is 0 Å². The maximum atomic E-state index is 11.8. The fraction of sp³-hybridized carbons (Fsp3) is 0.500. The molecule has 1 unspecified atom stereocenters. The van der Waals surface area contributed by atoms with Gasteiger partial charge in [-0.05, 0) is 6.92 Å². The van der Waals surface area contributed by atoms with Crippen molar-refractivity contribution in [3.8, 4) is 0 Å². The van der Waals surface area contributed by atoms with E-state index in [1.165, 1.54) is 12.4 Å². The molecule has 0 bridgehead atoms. The number of aromatic nitrogens is 3. The van der Waals surface area contributed by atoms with E-state index in [9.17, 15) is 8.42 Å². The number of morpholine rings is 1. The molecule has 3 rings (SSSR count). The number of hydrogen-bond acceptors (Lipinski definition) is 6. The van der Waals surface area contributed by atoms with Gasteiger partial charge < -0.3 is 9.64 Å². The van der Waals surface area contributed by atoms with E-state index in [0.717, 1.165) is 10.2 Å². The Bertz CT molecular complexity index is 789. The normalized spacial score (nSPS) is 20.1. The van der Waals surface area contributed by atoms with E-state index in [1.807, 2.05) is 11.8 Å². The van der Waals surface area contributed by atoms with Gasteiger partial charge in [0.2, 0.25) is 10.0 Å². The molecule has 0 N–H and O–H groups in total. The molecule has 2 aromatic rings. The van der Waals surface area contributed by atoms with Crippen molar-refractivity contribution in [2.75, 3.05) is 30.9 Å². The van der Waals surface area contributed by atoms with Crippen LogP contribution in [0, 0.1) is 0 Å². The van der Waals surface area contributed by atoms with Crippen molar-refractivity contribution in [2.24, 2.45) is 0 Å². The topological polar surface area (TPSA) is 77.3 Å². The highest BCUT2D eigenvalue weighted by Crippen LogP contribution is 2.29. The van der Waals surface area contributed by atoms with Crippen molar-refractivity contribution < 1.29 is 13.2 Å². The molecule has 0 aliphatic carbocycles. The molecule has 1 aliphatic rings. The van der Waals surface area contributed by atoms with Crippen LogP contribution in [0.1, 0.15) is 6.92 Å². The summed E-state index contributed by atoms with van der Waals surface area (Å²) in [7, 11) is -3.44. The number of pyridine rings is 1. The Morgan fingerprint density at radius 1 is 1.48 bits per heavy atom. The maximum Gasteiger partial charge on any atom is 0.237 e. The summed E-state index contributed by atoms with van der Waals surface area (Å²) in [4.78, 5) is 10.6. The molecule has 0 aromatic carbocycles. The monoisotopic (exact) mass is 330 g/mol. The molecule has 1 saturated heterocycles. The average Bonchev–Trinajstić information content (AvgIpc) is 2.82. The Balaban J connectivity index is 2.22. The lowest BCUT2D eigenvalue weighted by Gasteiger charge is -2.34. The zero-order valence-corrected chi connectivity index (χ0v) is 13.2. The standard InChI is InChI=1S/C12H15ClN4O3S/c1-8-6-20-4-3-16(8)12-11-9(5-10(13)15-12)17(7-14-11)21(2,18)19/h5,7-8H,3-4,6H2,1-2H3. The molecule has 3 heterocycles. The first kappa shape index (κ1) is 14.6. The van der Waals surface area contributed by atoms with Crippen LogP contribution >= 0.6 is 11.6 Å². The first-order valence-electron chi connectivity index (χ1n) is 6.46. The quantitative estimate of drug-likeness (QED) is 0.768. The highest BCUT2D eigenvalue weighted by molar-refractivity contribution is 7.89. The number of rotatable bonds is 2. The van der Waals surface area contributed by atoms with Crippen molar-refractivity contribution in [2.45, 2.75) is 13.0 Å². The Hall–Kier alpha value is -1.38. The number of ether oxygens (including phenoxy) is 1. The number of hydrogen-bond donors (Lipinski definition) is 0. The van der Waals surface area contributed by atoms with Gasteiger partial charge in [0.1, 0.15) is 17.0 Å². The SMILES string of the molecule is CC1COCCN1c1nc(Cl)cc2c1ncn2S(C)(=O)=O. The largest absolute Gasteiger partial charge is 0.377 e. The zero-order valence-electron chi connectivity index (χ0n) is 11.7. The zero-order chi connectivity index (χ0) is 15.2. The van der Waals surface area contributed by atoms with Gasteiger partial charge in [-0.1, -0.05) is 11.6 Å². The third-order valence-corrected chi connectivity index (χ3v) is 4.65. The van der Waals surface area contributed by atoms with E-state index in [2.05, 4.69) is 9.97 Å². The molecule has 7 nitrogen and oxygen atoms in total. The molecule has 114 valence electrons. The van der Waals surface area contributed by atoms with Gasteiger partial charge >= 0.3 is 0 Å². The molecule has 21 heavy (non-hydrogen) atoms. The van der Waals surface area contributed by atoms with Gasteiger partial charge in [0.05, 0.1) is 31.0 Å². The highest BCUT2D eigenvalue weighted by Gasteiger charge is 2.25. The summed E-state index contributed by atoms with van der Waals surface area (Å²) in [6.07, 6.45) is 2.41. The third-order valence-electron chi connectivity index (χ3n) is 3.45. The van der Waals surface area contributed by atoms with E-state index in [-0.39, 0.29) is 11.2 Å². The fourth-order valence-corrected chi connectivity index (χ4v) is 3.35. The van der Waals surface area contributed by atoms with Gasteiger partial charge in [0.15, 0.2) is 5.82 Å². The van der Waals surface area contributed by atoms with Crippen LogP contribution in [0.5, 0.6) is 0 Å². The lowest BCUT2D eigenvalue weighted by atomic mass is 10.2. The maximum absolute atomic E-state index is 11.8. The first-order chi connectivity index (χ1) is 9.88. The van der Waals surface area contributed by atoms with Crippen LogP contribution in [-0.2, 0) is 14.8 Å². The summed E-state index contributed by atoms with van der Waals surface area (Å²) in [5.41, 5.74) is 0.963. The number of halogens is 1. The first-order valence-corrected chi connectivity index (χ1v) is 8.69. The van der Waals surface area contributed by atoms with E-state index < -0.39 is 10.0 Å². The van der Waals surface area contributed by atoms with E-state index in [0.29, 0.717) is 36.6 Å². The van der Waals surface area contributed by atoms with Gasteiger partial charge in [-0.2, -0.15) is 0 Å². The highest BCUT2D eigenvalue weighted by atomic mass is 35.5. The summed E-state index contributed by atoms with van der Waals surface area (Å²) in [5.74, 6) is 0.593. The minimum Gasteiger partial charge on any atom is -0.377 e. The van der Waals surface area contributed by atoms with Crippen molar-refractivity contribution in [1.82, 2.24) is 13.9 Å². The Labute approximate surface area is 127 Å². The van der Waals surface area contributed by atoms with Crippen LogP contribution in [-0.4, -0.2) is 54.4 Å². The average molecular weight is 331 g/mol. The molecule has 0 saturated carbocycles. The second kappa shape index (κ2) is 5.11. The molecule has 1 aliphatic heterocycles. The number of anilines is 1. The summed E-state index contributed by atoms with van der Waals surface area (Å²) in [6.45, 7) is 3.85. The van der Waals surface area contributed by atoms with Crippen LogP contribution in [0.4, 0.5) is 5.82 Å². The number of nitrogens with zero attached hydrogens (tertiary/aromatic N) is 4. The minimum atomic E-state index is -3.44. The summed E-state index contributed by atoms with van der Waals surface area (Å²) < 4.78 is 30.1. The molecule has 2 aromatic heterocycles. The molecule has 0 amide bonds. The summed E-state index contributed by atoms with van der Waals surface area (Å²) in [5, 5.41) is 0.238. The van der Waals surface area contributed by atoms with Crippen molar-refractivity contribution in [1.29, 1.82) is 0 Å². The second-order valence-corrected chi connectivity index (χ2v) is 7.30. The van der Waals surface area contributed by atoms with Crippen molar-refractivity contribution in [3.63, 3.8) is 0 Å². The van der Waals surface area contributed by atoms with Crippen LogP contribution in [0.15, 0.2) is 12.4 Å². The van der Waals surface area contributed by atoms with Crippen LogP contribution in [0.2, 0.25) is 5.15 Å². The lowest BCUT2D eigenvalue weighted by molar-refractivity contribution is 0.0987. The minimum absolute atomic E-state index is 0.122. The molecule has 1 atom stereocenters. The molecule has 9 heteroatoms. The van der Waals surface area contributed by atoms with Crippen molar-refractivity contribution in [3.05, 3.63) is 17.5 Å². The second-order valence-electron chi connectivity index (χ2n) is 5.06.